The minimum absolute atomic E-state index is 0.192. The molecule has 0 radical (unpaired) electrons. The lowest BCUT2D eigenvalue weighted by Crippen LogP contribution is -2.54. The maximum Gasteiger partial charge on any atom is 0.310 e. The van der Waals surface area contributed by atoms with Crippen LogP contribution in [-0.2, 0) is 10.4 Å². The molecule has 1 fully saturated rings. The molecule has 1 saturated heterocycles. The molecule has 37 heavy (non-hydrogen) atoms. The molecule has 0 saturated carbocycles. The van der Waals surface area contributed by atoms with Crippen LogP contribution in [0.15, 0.2) is 84.6 Å². The lowest BCUT2D eigenvalue weighted by atomic mass is 9.58. The summed E-state index contributed by atoms with van der Waals surface area (Å²) >= 11 is 0. The average Bonchev–Trinajstić information content (AvgIpc) is 2.93. The number of carboxylic acids is 1. The summed E-state index contributed by atoms with van der Waals surface area (Å²) in [6.45, 7) is 6.23. The number of aliphatic hydroxyl groups is 2. The number of piperidine rings is 1. The molecule has 0 spiro atoms. The first-order valence-corrected chi connectivity index (χ1v) is 13.6. The Hall–Kier alpha value is -2.89. The highest BCUT2D eigenvalue weighted by atomic mass is 16.4. The zero-order valence-electron chi connectivity index (χ0n) is 22.3. The number of aliphatic carboxylic acids is 1. The summed E-state index contributed by atoms with van der Waals surface area (Å²) in [5.74, 6) is -0.914. The van der Waals surface area contributed by atoms with E-state index in [2.05, 4.69) is 11.0 Å². The van der Waals surface area contributed by atoms with E-state index in [9.17, 15) is 20.1 Å². The predicted octanol–water partition coefficient (Wildman–Crippen LogP) is 5.88. The molecular formula is C32H41NO4. The molecule has 1 aliphatic carbocycles. The van der Waals surface area contributed by atoms with Crippen LogP contribution in [0.1, 0.15) is 70.4 Å². The fourth-order valence-corrected chi connectivity index (χ4v) is 6.32. The number of carboxylic acid groups (broad SMARTS) is 1. The Morgan fingerprint density at radius 3 is 2.14 bits per heavy atom. The van der Waals surface area contributed by atoms with Gasteiger partial charge in [-0.15, -0.1) is 0 Å². The molecule has 2 aromatic rings. The molecular weight excluding hydrogens is 462 g/mol. The van der Waals surface area contributed by atoms with Crippen molar-refractivity contribution in [1.29, 1.82) is 0 Å². The van der Waals surface area contributed by atoms with Gasteiger partial charge in [0.25, 0.3) is 0 Å². The van der Waals surface area contributed by atoms with Gasteiger partial charge in [0.15, 0.2) is 0 Å². The van der Waals surface area contributed by atoms with E-state index in [1.807, 2.05) is 79.7 Å². The molecule has 2 aromatic carbocycles. The number of allylic oxidation sites excluding steroid dienone is 2. The highest BCUT2D eigenvalue weighted by molar-refractivity contribution is 5.75. The van der Waals surface area contributed by atoms with Crippen molar-refractivity contribution in [3.05, 3.63) is 95.7 Å². The van der Waals surface area contributed by atoms with Crippen LogP contribution in [0.2, 0.25) is 0 Å². The van der Waals surface area contributed by atoms with Crippen LogP contribution >= 0.6 is 0 Å². The third kappa shape index (κ3) is 4.75. The topological polar surface area (TPSA) is 81.0 Å². The van der Waals surface area contributed by atoms with Gasteiger partial charge in [-0.05, 0) is 63.2 Å². The van der Waals surface area contributed by atoms with E-state index in [1.54, 1.807) is 13.8 Å². The normalized spacial score (nSPS) is 23.4. The predicted molar refractivity (Wildman–Crippen MR) is 147 cm³/mol. The van der Waals surface area contributed by atoms with Crippen molar-refractivity contribution in [2.24, 2.45) is 10.8 Å². The number of likely N-dealkylation sites (tertiary alicyclic amines) is 1. The highest BCUT2D eigenvalue weighted by Crippen LogP contribution is 2.51. The van der Waals surface area contributed by atoms with Crippen LogP contribution in [0.3, 0.4) is 0 Å². The Morgan fingerprint density at radius 1 is 1.05 bits per heavy atom. The Labute approximate surface area is 221 Å². The molecule has 3 N–H and O–H groups in total. The second kappa shape index (κ2) is 10.8. The van der Waals surface area contributed by atoms with Crippen molar-refractivity contribution in [3.63, 3.8) is 0 Å². The van der Waals surface area contributed by atoms with E-state index in [0.29, 0.717) is 12.8 Å². The van der Waals surface area contributed by atoms with Gasteiger partial charge in [0.2, 0.25) is 0 Å². The maximum absolute atomic E-state index is 12.5. The number of aliphatic hydroxyl groups excluding tert-OH is 1. The average molecular weight is 504 g/mol. The Bertz CT molecular complexity index is 1080. The van der Waals surface area contributed by atoms with Crippen LogP contribution in [0.5, 0.6) is 0 Å². The number of hydrogen-bond donors (Lipinski definition) is 3. The van der Waals surface area contributed by atoms with Crippen molar-refractivity contribution in [2.75, 3.05) is 6.54 Å². The largest absolute Gasteiger partial charge is 0.481 e. The molecule has 0 aromatic heterocycles. The highest BCUT2D eigenvalue weighted by Gasteiger charge is 2.53. The van der Waals surface area contributed by atoms with Gasteiger partial charge in [-0.25, -0.2) is 0 Å². The van der Waals surface area contributed by atoms with Crippen molar-refractivity contribution < 1.29 is 20.1 Å². The molecule has 3 atom stereocenters. The first-order valence-electron chi connectivity index (χ1n) is 13.6. The molecule has 1 heterocycles. The number of rotatable bonds is 9. The number of benzene rings is 2. The second-order valence-corrected chi connectivity index (χ2v) is 11.1. The van der Waals surface area contributed by atoms with Crippen LogP contribution in [0.25, 0.3) is 0 Å². The third-order valence-electron chi connectivity index (χ3n) is 8.80. The monoisotopic (exact) mass is 503 g/mol. The zero-order chi connectivity index (χ0) is 26.7. The molecule has 1 aliphatic heterocycles. The second-order valence-electron chi connectivity index (χ2n) is 11.1. The number of nitrogens with zero attached hydrogens (tertiary/aromatic N) is 1. The van der Waals surface area contributed by atoms with Crippen LogP contribution in [0, 0.1) is 10.8 Å². The summed E-state index contributed by atoms with van der Waals surface area (Å²) < 4.78 is 0. The van der Waals surface area contributed by atoms with Gasteiger partial charge in [0.05, 0.1) is 17.6 Å². The smallest absolute Gasteiger partial charge is 0.310 e. The van der Waals surface area contributed by atoms with Gasteiger partial charge in [-0.3, -0.25) is 4.79 Å². The van der Waals surface area contributed by atoms with Crippen molar-refractivity contribution in [2.45, 2.75) is 77.0 Å². The summed E-state index contributed by atoms with van der Waals surface area (Å²) in [5, 5.41) is 33.8. The molecule has 5 heteroatoms. The standard InChI is InChI=1S/C32H41NO4/c1-4-13-28(34)31(30(2,3)29(35)36)21-19-26(20-22-31)33-23-12-11-18-27(33)32(37,24-14-7-5-8-15-24)25-16-9-6-10-17-25/h5-10,14-17,19-21,27-28,34,37H,4,11-13,18,22-23H2,1-3H3,(H,35,36). The van der Waals surface area contributed by atoms with Gasteiger partial charge in [0, 0.05) is 17.7 Å². The summed E-state index contributed by atoms with van der Waals surface area (Å²) in [7, 11) is 0. The lowest BCUT2D eigenvalue weighted by Gasteiger charge is -2.50. The molecule has 3 unspecified atom stereocenters. The van der Waals surface area contributed by atoms with E-state index in [1.165, 1.54) is 0 Å². The quantitative estimate of drug-likeness (QED) is 0.398. The fraction of sp³-hybridized carbons (Fsp3) is 0.469. The minimum Gasteiger partial charge on any atom is -0.481 e. The summed E-state index contributed by atoms with van der Waals surface area (Å²) in [6.07, 6.45) is 9.86. The first kappa shape index (κ1) is 27.2. The molecule has 4 rings (SSSR count). The van der Waals surface area contributed by atoms with Crippen molar-refractivity contribution in [1.82, 2.24) is 4.90 Å². The number of carbonyl (C=O) groups is 1. The maximum atomic E-state index is 12.5. The first-order chi connectivity index (χ1) is 17.7. The van der Waals surface area contributed by atoms with Gasteiger partial charge >= 0.3 is 5.97 Å². The van der Waals surface area contributed by atoms with E-state index in [0.717, 1.165) is 49.1 Å². The summed E-state index contributed by atoms with van der Waals surface area (Å²) in [4.78, 5) is 14.6. The van der Waals surface area contributed by atoms with E-state index in [-0.39, 0.29) is 6.04 Å². The molecule has 5 nitrogen and oxygen atoms in total. The van der Waals surface area contributed by atoms with Crippen molar-refractivity contribution in [3.8, 4) is 0 Å². The van der Waals surface area contributed by atoms with Gasteiger partial charge in [-0.1, -0.05) is 86.2 Å². The lowest BCUT2D eigenvalue weighted by molar-refractivity contribution is -0.159. The van der Waals surface area contributed by atoms with Gasteiger partial charge in [0.1, 0.15) is 5.60 Å². The van der Waals surface area contributed by atoms with Gasteiger partial charge in [-0.2, -0.15) is 0 Å². The zero-order valence-corrected chi connectivity index (χ0v) is 22.3. The molecule has 0 bridgehead atoms. The summed E-state index contributed by atoms with van der Waals surface area (Å²) in [6, 6.07) is 19.6. The van der Waals surface area contributed by atoms with Crippen LogP contribution < -0.4 is 0 Å². The molecule has 2 aliphatic rings. The fourth-order valence-electron chi connectivity index (χ4n) is 6.32. The minimum atomic E-state index is -1.21. The molecule has 198 valence electrons. The Balaban J connectivity index is 1.75. The molecule has 0 amide bonds. The van der Waals surface area contributed by atoms with Gasteiger partial charge < -0.3 is 20.2 Å². The Kier molecular flexibility index (Phi) is 7.96. The third-order valence-corrected chi connectivity index (χ3v) is 8.80. The van der Waals surface area contributed by atoms with E-state index in [4.69, 9.17) is 0 Å². The van der Waals surface area contributed by atoms with Crippen LogP contribution in [-0.4, -0.2) is 44.9 Å². The Morgan fingerprint density at radius 2 is 1.65 bits per heavy atom. The van der Waals surface area contributed by atoms with E-state index < -0.39 is 28.5 Å². The number of hydrogen-bond acceptors (Lipinski definition) is 4. The van der Waals surface area contributed by atoms with E-state index >= 15 is 0 Å². The summed E-state index contributed by atoms with van der Waals surface area (Å²) in [5.41, 5.74) is -0.560. The van der Waals surface area contributed by atoms with Crippen LogP contribution in [0.4, 0.5) is 0 Å². The van der Waals surface area contributed by atoms with Crippen molar-refractivity contribution >= 4 is 5.97 Å². The SMILES string of the molecule is CCCC(O)C1(C(C)(C)C(=O)O)C=CC(N2CCCCC2C(O)(c2ccccc2)c2ccccc2)=CC1.